The summed E-state index contributed by atoms with van der Waals surface area (Å²) in [6.07, 6.45) is 2.88. The van der Waals surface area contributed by atoms with Crippen LogP contribution in [0.1, 0.15) is 18.1 Å². The lowest BCUT2D eigenvalue weighted by Crippen LogP contribution is -2.32. The quantitative estimate of drug-likeness (QED) is 0.819. The molecule has 5 heteroatoms. The van der Waals surface area contributed by atoms with Gasteiger partial charge in [0.1, 0.15) is 17.4 Å². The zero-order valence-corrected chi connectivity index (χ0v) is 13.6. The minimum Gasteiger partial charge on any atom is -0.497 e. The van der Waals surface area contributed by atoms with Crippen LogP contribution in [-0.4, -0.2) is 19.1 Å². The molecule has 0 saturated heterocycles. The molecule has 0 spiro atoms. The van der Waals surface area contributed by atoms with Gasteiger partial charge in [-0.15, -0.1) is 0 Å². The van der Waals surface area contributed by atoms with E-state index in [1.54, 1.807) is 7.11 Å². The molecule has 0 aromatic heterocycles. The van der Waals surface area contributed by atoms with Gasteiger partial charge in [-0.1, -0.05) is 18.2 Å². The number of hydrogen-bond donors (Lipinski definition) is 1. The highest BCUT2D eigenvalue weighted by molar-refractivity contribution is 5.91. The SMILES string of the molecule is COc1cccc(CC(C)NC(=O)/C=C/c2c(F)cccc2F)c1. The van der Waals surface area contributed by atoms with Gasteiger partial charge in [-0.05, 0) is 49.2 Å². The zero-order valence-electron chi connectivity index (χ0n) is 13.6. The first-order chi connectivity index (χ1) is 11.5. The van der Waals surface area contributed by atoms with Crippen LogP contribution >= 0.6 is 0 Å². The molecule has 1 atom stereocenters. The number of ether oxygens (including phenoxy) is 1. The van der Waals surface area contributed by atoms with Gasteiger partial charge in [0.05, 0.1) is 7.11 Å². The number of nitrogens with one attached hydrogen (secondary N) is 1. The van der Waals surface area contributed by atoms with Crippen LogP contribution in [-0.2, 0) is 11.2 Å². The lowest BCUT2D eigenvalue weighted by Gasteiger charge is -2.13. The highest BCUT2D eigenvalue weighted by Crippen LogP contribution is 2.15. The van der Waals surface area contributed by atoms with E-state index in [0.29, 0.717) is 6.42 Å². The molecule has 0 saturated carbocycles. The minimum atomic E-state index is -0.705. The normalized spacial score (nSPS) is 12.2. The Morgan fingerprint density at radius 2 is 1.88 bits per heavy atom. The molecule has 3 nitrogen and oxygen atoms in total. The van der Waals surface area contributed by atoms with Crippen LogP contribution in [0.2, 0.25) is 0 Å². The molecule has 2 aromatic rings. The van der Waals surface area contributed by atoms with E-state index in [1.165, 1.54) is 6.07 Å². The third kappa shape index (κ3) is 4.91. The van der Waals surface area contributed by atoms with Gasteiger partial charge in [-0.3, -0.25) is 4.79 Å². The summed E-state index contributed by atoms with van der Waals surface area (Å²) in [5.41, 5.74) is 0.791. The predicted molar refractivity (Wildman–Crippen MR) is 89.7 cm³/mol. The van der Waals surface area contributed by atoms with E-state index >= 15 is 0 Å². The van der Waals surface area contributed by atoms with E-state index in [0.717, 1.165) is 35.6 Å². The van der Waals surface area contributed by atoms with Crippen molar-refractivity contribution >= 4 is 12.0 Å². The summed E-state index contributed by atoms with van der Waals surface area (Å²) in [6.45, 7) is 1.86. The van der Waals surface area contributed by atoms with E-state index in [1.807, 2.05) is 31.2 Å². The first kappa shape index (κ1) is 17.7. The number of carbonyl (C=O) groups excluding carboxylic acids is 1. The molecule has 2 aromatic carbocycles. The predicted octanol–water partition coefficient (Wildman–Crippen LogP) is 3.73. The second-order valence-corrected chi connectivity index (χ2v) is 5.43. The molecule has 0 radical (unpaired) electrons. The van der Waals surface area contributed by atoms with Gasteiger partial charge in [-0.25, -0.2) is 8.78 Å². The van der Waals surface area contributed by atoms with Crippen molar-refractivity contribution in [3.05, 3.63) is 71.3 Å². The van der Waals surface area contributed by atoms with Crippen molar-refractivity contribution in [3.8, 4) is 5.75 Å². The summed E-state index contributed by atoms with van der Waals surface area (Å²) in [5, 5.41) is 2.76. The third-order valence-corrected chi connectivity index (χ3v) is 3.47. The minimum absolute atomic E-state index is 0.139. The lowest BCUT2D eigenvalue weighted by atomic mass is 10.1. The molecule has 0 aliphatic carbocycles. The molecule has 1 amide bonds. The van der Waals surface area contributed by atoms with Crippen LogP contribution in [0.25, 0.3) is 6.08 Å². The fraction of sp³-hybridized carbons (Fsp3) is 0.211. The molecule has 1 N–H and O–H groups in total. The molecule has 126 valence electrons. The van der Waals surface area contributed by atoms with Gasteiger partial charge in [-0.2, -0.15) is 0 Å². The van der Waals surface area contributed by atoms with Crippen molar-refractivity contribution in [2.45, 2.75) is 19.4 Å². The summed E-state index contributed by atoms with van der Waals surface area (Å²) in [4.78, 5) is 11.9. The van der Waals surface area contributed by atoms with E-state index in [9.17, 15) is 13.6 Å². The summed E-state index contributed by atoms with van der Waals surface area (Å²) < 4.78 is 32.1. The van der Waals surface area contributed by atoms with Gasteiger partial charge in [0.25, 0.3) is 0 Å². The first-order valence-electron chi connectivity index (χ1n) is 7.55. The average Bonchev–Trinajstić information content (AvgIpc) is 2.54. The molecule has 0 aliphatic rings. The lowest BCUT2D eigenvalue weighted by molar-refractivity contribution is -0.117. The average molecular weight is 331 g/mol. The largest absolute Gasteiger partial charge is 0.497 e. The second kappa shape index (κ2) is 8.24. The Morgan fingerprint density at radius 3 is 2.54 bits per heavy atom. The number of halogens is 2. The van der Waals surface area contributed by atoms with E-state index in [2.05, 4.69) is 5.32 Å². The number of carbonyl (C=O) groups is 1. The molecule has 2 rings (SSSR count). The van der Waals surface area contributed by atoms with Crippen LogP contribution in [0, 0.1) is 11.6 Å². The number of amides is 1. The Morgan fingerprint density at radius 1 is 1.21 bits per heavy atom. The Bertz CT molecular complexity index is 724. The van der Waals surface area contributed by atoms with E-state index in [-0.39, 0.29) is 11.6 Å². The number of methoxy groups -OCH3 is 1. The summed E-state index contributed by atoms with van der Waals surface area (Å²) in [7, 11) is 1.59. The maximum atomic E-state index is 13.5. The van der Waals surface area contributed by atoms with Crippen LogP contribution in [0.15, 0.2) is 48.5 Å². The van der Waals surface area contributed by atoms with Crippen molar-refractivity contribution in [2.24, 2.45) is 0 Å². The van der Waals surface area contributed by atoms with Gasteiger partial charge in [0, 0.05) is 17.7 Å². The fourth-order valence-electron chi connectivity index (χ4n) is 2.32. The van der Waals surface area contributed by atoms with Gasteiger partial charge < -0.3 is 10.1 Å². The highest BCUT2D eigenvalue weighted by atomic mass is 19.1. The van der Waals surface area contributed by atoms with Gasteiger partial charge in [0.2, 0.25) is 5.91 Å². The zero-order chi connectivity index (χ0) is 17.5. The summed E-state index contributed by atoms with van der Waals surface area (Å²) in [5.74, 6) is -1.07. The molecule has 1 unspecified atom stereocenters. The van der Waals surface area contributed by atoms with Crippen molar-refractivity contribution in [3.63, 3.8) is 0 Å². The van der Waals surface area contributed by atoms with Gasteiger partial charge in [0.15, 0.2) is 0 Å². The van der Waals surface area contributed by atoms with Crippen molar-refractivity contribution in [1.82, 2.24) is 5.32 Å². The topological polar surface area (TPSA) is 38.3 Å². The standard InChI is InChI=1S/C19H19F2NO2/c1-13(11-14-5-3-6-15(12-14)24-2)22-19(23)10-9-16-17(20)7-4-8-18(16)21/h3-10,12-13H,11H2,1-2H3,(H,22,23)/b10-9+. The Balaban J connectivity index is 1.95. The van der Waals surface area contributed by atoms with Crippen LogP contribution < -0.4 is 10.1 Å². The molecule has 0 heterocycles. The maximum Gasteiger partial charge on any atom is 0.244 e. The number of hydrogen-bond acceptors (Lipinski definition) is 2. The van der Waals surface area contributed by atoms with Crippen molar-refractivity contribution in [2.75, 3.05) is 7.11 Å². The molecular formula is C19H19F2NO2. The Hall–Kier alpha value is -2.69. The maximum absolute atomic E-state index is 13.5. The smallest absolute Gasteiger partial charge is 0.244 e. The molecule has 24 heavy (non-hydrogen) atoms. The Kier molecular flexibility index (Phi) is 6.07. The van der Waals surface area contributed by atoms with E-state index < -0.39 is 17.5 Å². The van der Waals surface area contributed by atoms with Crippen molar-refractivity contribution < 1.29 is 18.3 Å². The first-order valence-corrected chi connectivity index (χ1v) is 7.55. The molecule has 0 fully saturated rings. The fourth-order valence-corrected chi connectivity index (χ4v) is 2.32. The number of rotatable bonds is 6. The summed E-state index contributed by atoms with van der Waals surface area (Å²) in [6, 6.07) is 11.0. The summed E-state index contributed by atoms with van der Waals surface area (Å²) >= 11 is 0. The highest BCUT2D eigenvalue weighted by Gasteiger charge is 2.08. The van der Waals surface area contributed by atoms with Crippen LogP contribution in [0.5, 0.6) is 5.75 Å². The molecule has 0 bridgehead atoms. The third-order valence-electron chi connectivity index (χ3n) is 3.47. The Labute approximate surface area is 140 Å². The number of benzene rings is 2. The van der Waals surface area contributed by atoms with E-state index in [4.69, 9.17) is 4.74 Å². The van der Waals surface area contributed by atoms with Crippen LogP contribution in [0.3, 0.4) is 0 Å². The second-order valence-electron chi connectivity index (χ2n) is 5.43. The van der Waals surface area contributed by atoms with Crippen molar-refractivity contribution in [1.29, 1.82) is 0 Å². The van der Waals surface area contributed by atoms with Crippen LogP contribution in [0.4, 0.5) is 8.78 Å². The molecular weight excluding hydrogens is 312 g/mol. The molecule has 0 aliphatic heterocycles. The monoisotopic (exact) mass is 331 g/mol. The van der Waals surface area contributed by atoms with Gasteiger partial charge >= 0.3 is 0 Å².